The minimum Gasteiger partial charge on any atom is -0.354 e. The van der Waals surface area contributed by atoms with Gasteiger partial charge in [0.15, 0.2) is 0 Å². The predicted molar refractivity (Wildman–Crippen MR) is 111 cm³/mol. The van der Waals surface area contributed by atoms with Crippen LogP contribution in [0.25, 0.3) is 0 Å². The first-order valence-electron chi connectivity index (χ1n) is 10.4. The van der Waals surface area contributed by atoms with E-state index in [0.717, 1.165) is 5.56 Å². The smallest absolute Gasteiger partial charge is 0.243 e. The first-order valence-corrected chi connectivity index (χ1v) is 11.8. The maximum atomic E-state index is 13.1. The number of rotatable bonds is 5. The third-order valence-corrected chi connectivity index (χ3v) is 7.65. The summed E-state index contributed by atoms with van der Waals surface area (Å²) in [5.74, 6) is -0.185. The molecule has 29 heavy (non-hydrogen) atoms. The number of nitrogens with zero attached hydrogens (tertiary/aromatic N) is 2. The van der Waals surface area contributed by atoms with E-state index >= 15 is 0 Å². The van der Waals surface area contributed by atoms with Crippen LogP contribution in [0, 0.1) is 12.8 Å². The molecule has 2 fully saturated rings. The monoisotopic (exact) mass is 421 g/mol. The summed E-state index contributed by atoms with van der Waals surface area (Å²) in [5, 5.41) is 2.93. The van der Waals surface area contributed by atoms with Crippen molar-refractivity contribution < 1.29 is 18.0 Å². The molecule has 2 amide bonds. The van der Waals surface area contributed by atoms with Crippen molar-refractivity contribution >= 4 is 21.8 Å². The highest BCUT2D eigenvalue weighted by Gasteiger charge is 2.42. The van der Waals surface area contributed by atoms with E-state index in [0.29, 0.717) is 45.3 Å². The van der Waals surface area contributed by atoms with Gasteiger partial charge < -0.3 is 10.2 Å². The van der Waals surface area contributed by atoms with Crippen molar-refractivity contribution in [1.82, 2.24) is 14.5 Å². The highest BCUT2D eigenvalue weighted by molar-refractivity contribution is 7.89. The third kappa shape index (κ3) is 4.80. The molecule has 160 valence electrons. The summed E-state index contributed by atoms with van der Waals surface area (Å²) in [6, 6.07) is 6.19. The molecule has 0 radical (unpaired) electrons. The lowest BCUT2D eigenvalue weighted by Gasteiger charge is -2.35. The van der Waals surface area contributed by atoms with Crippen LogP contribution in [0.15, 0.2) is 29.2 Å². The van der Waals surface area contributed by atoms with Gasteiger partial charge in [0.05, 0.1) is 4.90 Å². The number of hydrogen-bond donors (Lipinski definition) is 1. The lowest BCUT2D eigenvalue weighted by atomic mass is 9.95. The van der Waals surface area contributed by atoms with E-state index in [1.807, 2.05) is 20.8 Å². The second-order valence-electron chi connectivity index (χ2n) is 8.35. The van der Waals surface area contributed by atoms with Crippen LogP contribution in [0.1, 0.15) is 45.1 Å². The Bertz CT molecular complexity index is 843. The summed E-state index contributed by atoms with van der Waals surface area (Å²) in [6.07, 6.45) is 2.44. The molecule has 1 atom stereocenters. The maximum Gasteiger partial charge on any atom is 0.243 e. The first-order chi connectivity index (χ1) is 13.7. The fourth-order valence-electron chi connectivity index (χ4n) is 4.10. The van der Waals surface area contributed by atoms with Crippen LogP contribution in [0.2, 0.25) is 0 Å². The molecular formula is C21H31N3O4S. The molecule has 2 aliphatic heterocycles. The fraction of sp³-hybridized carbons (Fsp3) is 0.619. The van der Waals surface area contributed by atoms with Crippen LogP contribution < -0.4 is 5.32 Å². The van der Waals surface area contributed by atoms with Crippen molar-refractivity contribution in [2.45, 2.75) is 63.4 Å². The molecule has 7 nitrogen and oxygen atoms in total. The molecule has 2 saturated heterocycles. The van der Waals surface area contributed by atoms with Gasteiger partial charge in [-0.1, -0.05) is 17.7 Å². The molecular weight excluding hydrogens is 390 g/mol. The lowest BCUT2D eigenvalue weighted by molar-refractivity contribution is -0.138. The van der Waals surface area contributed by atoms with Crippen LogP contribution in [0.3, 0.4) is 0 Å². The molecule has 0 spiro atoms. The summed E-state index contributed by atoms with van der Waals surface area (Å²) in [7, 11) is -3.70. The SMILES string of the molecule is Cc1ccc(S(=O)(=O)N2CCC[C@H]2C(=O)N2CCC(C(=O)NC(C)C)CC2)cc1. The molecule has 1 N–H and O–H groups in total. The fourth-order valence-corrected chi connectivity index (χ4v) is 5.75. The number of aryl methyl sites for hydroxylation is 1. The predicted octanol–water partition coefficient (Wildman–Crippen LogP) is 1.91. The number of nitrogens with one attached hydrogen (secondary N) is 1. The van der Waals surface area contributed by atoms with Crippen molar-refractivity contribution in [3.63, 3.8) is 0 Å². The molecule has 1 aromatic rings. The summed E-state index contributed by atoms with van der Waals surface area (Å²) in [5.41, 5.74) is 0.988. The van der Waals surface area contributed by atoms with E-state index in [4.69, 9.17) is 0 Å². The second kappa shape index (κ2) is 8.83. The van der Waals surface area contributed by atoms with Crippen LogP contribution >= 0.6 is 0 Å². The van der Waals surface area contributed by atoms with Gasteiger partial charge in [-0.2, -0.15) is 4.31 Å². The molecule has 0 unspecified atom stereocenters. The Morgan fingerprint density at radius 2 is 1.66 bits per heavy atom. The molecule has 2 heterocycles. The molecule has 0 aromatic heterocycles. The van der Waals surface area contributed by atoms with Crippen molar-refractivity contribution in [1.29, 1.82) is 0 Å². The summed E-state index contributed by atoms with van der Waals surface area (Å²) in [6.45, 7) is 7.11. The number of carbonyl (C=O) groups excluding carboxylic acids is 2. The van der Waals surface area contributed by atoms with E-state index in [1.165, 1.54) is 4.31 Å². The van der Waals surface area contributed by atoms with Crippen molar-refractivity contribution in [3.8, 4) is 0 Å². The van der Waals surface area contributed by atoms with E-state index < -0.39 is 16.1 Å². The van der Waals surface area contributed by atoms with E-state index in [9.17, 15) is 18.0 Å². The number of likely N-dealkylation sites (tertiary alicyclic amines) is 1. The van der Waals surface area contributed by atoms with Crippen LogP contribution in [-0.2, 0) is 19.6 Å². The molecule has 0 saturated carbocycles. The van der Waals surface area contributed by atoms with Gasteiger partial charge in [0.25, 0.3) is 0 Å². The van der Waals surface area contributed by atoms with Gasteiger partial charge in [-0.15, -0.1) is 0 Å². The standard InChI is InChI=1S/C21H31N3O4S/c1-15(2)22-20(25)17-10-13-23(14-11-17)21(26)19-5-4-12-24(19)29(27,28)18-8-6-16(3)7-9-18/h6-9,15,17,19H,4-5,10-14H2,1-3H3,(H,22,25)/t19-/m0/s1. The van der Waals surface area contributed by atoms with E-state index in [2.05, 4.69) is 5.32 Å². The Morgan fingerprint density at radius 3 is 2.24 bits per heavy atom. The molecule has 8 heteroatoms. The highest BCUT2D eigenvalue weighted by Crippen LogP contribution is 2.29. The topological polar surface area (TPSA) is 86.8 Å². The van der Waals surface area contributed by atoms with E-state index in [1.54, 1.807) is 29.2 Å². The Hall–Kier alpha value is -1.93. The number of sulfonamides is 1. The number of amides is 2. The van der Waals surface area contributed by atoms with Crippen molar-refractivity contribution in [3.05, 3.63) is 29.8 Å². The number of benzene rings is 1. The molecule has 0 bridgehead atoms. The number of piperidine rings is 1. The normalized spacial score (nSPS) is 21.5. The summed E-state index contributed by atoms with van der Waals surface area (Å²) < 4.78 is 27.5. The zero-order valence-corrected chi connectivity index (χ0v) is 18.2. The summed E-state index contributed by atoms with van der Waals surface area (Å²) in [4.78, 5) is 27.3. The van der Waals surface area contributed by atoms with Crippen molar-refractivity contribution in [2.75, 3.05) is 19.6 Å². The maximum absolute atomic E-state index is 13.1. The van der Waals surface area contributed by atoms with Gasteiger partial charge in [0.2, 0.25) is 21.8 Å². The van der Waals surface area contributed by atoms with Gasteiger partial charge >= 0.3 is 0 Å². The van der Waals surface area contributed by atoms with Crippen LogP contribution in [-0.4, -0.2) is 61.2 Å². The quantitative estimate of drug-likeness (QED) is 0.787. The van der Waals surface area contributed by atoms with Gasteiger partial charge in [0.1, 0.15) is 6.04 Å². The zero-order valence-electron chi connectivity index (χ0n) is 17.4. The zero-order chi connectivity index (χ0) is 21.2. The number of hydrogen-bond acceptors (Lipinski definition) is 4. The van der Waals surface area contributed by atoms with Crippen LogP contribution in [0.5, 0.6) is 0 Å². The molecule has 1 aromatic carbocycles. The molecule has 2 aliphatic rings. The second-order valence-corrected chi connectivity index (χ2v) is 10.2. The lowest BCUT2D eigenvalue weighted by Crippen LogP contribution is -2.51. The van der Waals surface area contributed by atoms with Gasteiger partial charge in [-0.25, -0.2) is 8.42 Å². The number of carbonyl (C=O) groups is 2. The third-order valence-electron chi connectivity index (χ3n) is 5.72. The minimum absolute atomic E-state index is 0.0385. The van der Waals surface area contributed by atoms with E-state index in [-0.39, 0.29) is 28.7 Å². The highest BCUT2D eigenvalue weighted by atomic mass is 32.2. The van der Waals surface area contributed by atoms with Gasteiger partial charge in [0, 0.05) is 31.6 Å². The Morgan fingerprint density at radius 1 is 1.03 bits per heavy atom. The Balaban J connectivity index is 1.66. The first kappa shape index (κ1) is 21.8. The average Bonchev–Trinajstić information content (AvgIpc) is 3.18. The average molecular weight is 422 g/mol. The Kier molecular flexibility index (Phi) is 6.63. The van der Waals surface area contributed by atoms with Crippen LogP contribution in [0.4, 0.5) is 0 Å². The molecule has 0 aliphatic carbocycles. The van der Waals surface area contributed by atoms with Gasteiger partial charge in [-0.3, -0.25) is 9.59 Å². The van der Waals surface area contributed by atoms with Gasteiger partial charge in [-0.05, 0) is 58.6 Å². The largest absolute Gasteiger partial charge is 0.354 e. The molecule has 3 rings (SSSR count). The minimum atomic E-state index is -3.70. The summed E-state index contributed by atoms with van der Waals surface area (Å²) >= 11 is 0. The Labute approximate surface area is 173 Å². The van der Waals surface area contributed by atoms with Crippen molar-refractivity contribution in [2.24, 2.45) is 5.92 Å².